The van der Waals surface area contributed by atoms with Gasteiger partial charge in [0.1, 0.15) is 12.4 Å². The van der Waals surface area contributed by atoms with Crippen molar-refractivity contribution in [3.05, 3.63) is 57.5 Å². The number of anilines is 1. The number of hydrogen-bond donors (Lipinski definition) is 0. The first kappa shape index (κ1) is 19.8. The van der Waals surface area contributed by atoms with E-state index in [0.29, 0.717) is 39.5 Å². The molecule has 0 aromatic heterocycles. The van der Waals surface area contributed by atoms with E-state index in [2.05, 4.69) is 0 Å². The molecule has 1 fully saturated rings. The van der Waals surface area contributed by atoms with Crippen molar-refractivity contribution in [3.63, 3.8) is 0 Å². The monoisotopic (exact) mass is 426 g/mol. The largest absolute Gasteiger partial charge is 0.482 e. The van der Waals surface area contributed by atoms with Gasteiger partial charge >= 0.3 is 0 Å². The molecule has 0 atom stereocenters. The second kappa shape index (κ2) is 8.83. The van der Waals surface area contributed by atoms with Crippen LogP contribution in [0.25, 0.3) is 0 Å². The van der Waals surface area contributed by atoms with Gasteiger partial charge in [-0.25, -0.2) is 0 Å². The first-order valence-electron chi connectivity index (χ1n) is 8.35. The van der Waals surface area contributed by atoms with Crippen molar-refractivity contribution in [2.45, 2.75) is 12.8 Å². The highest BCUT2D eigenvalue weighted by Gasteiger charge is 2.26. The van der Waals surface area contributed by atoms with E-state index in [-0.39, 0.29) is 25.1 Å². The van der Waals surface area contributed by atoms with Crippen LogP contribution >= 0.6 is 34.8 Å². The number of ether oxygens (including phenoxy) is 1. The minimum Gasteiger partial charge on any atom is -0.482 e. The fourth-order valence-electron chi connectivity index (χ4n) is 2.78. The molecule has 1 aliphatic rings. The molecule has 2 amide bonds. The number of amides is 2. The van der Waals surface area contributed by atoms with Gasteiger partial charge in [0.15, 0.2) is 6.61 Å². The minimum atomic E-state index is -0.317. The van der Waals surface area contributed by atoms with Gasteiger partial charge in [-0.15, -0.1) is 0 Å². The lowest BCUT2D eigenvalue weighted by molar-refractivity contribution is -0.128. The Hall–Kier alpha value is -1.95. The number of benzene rings is 2. The molecule has 0 bridgehead atoms. The number of carbonyl (C=O) groups excluding carboxylic acids is 2. The van der Waals surface area contributed by atoms with E-state index in [0.717, 1.165) is 6.42 Å². The van der Waals surface area contributed by atoms with E-state index in [9.17, 15) is 9.59 Å². The molecule has 2 aromatic rings. The maximum Gasteiger partial charge on any atom is 0.266 e. The molecule has 8 heteroatoms. The van der Waals surface area contributed by atoms with E-state index in [1.54, 1.807) is 47.4 Å². The Morgan fingerprint density at radius 3 is 2.56 bits per heavy atom. The number of carbonyl (C=O) groups is 2. The molecule has 27 heavy (non-hydrogen) atoms. The number of hydrogen-bond acceptors (Lipinski definition) is 3. The molecule has 0 unspecified atom stereocenters. The number of halogens is 3. The average molecular weight is 428 g/mol. The van der Waals surface area contributed by atoms with E-state index in [1.807, 2.05) is 0 Å². The standard InChI is InChI=1S/C19H17Cl3N2O3/c20-13-3-1-4-15(9-13)24(12-23-8-2-5-18(23)25)19(26)11-27-17-7-6-14(21)10-16(17)22/h1,3-4,6-7,9-10H,2,5,8,11-12H2. The second-order valence-electron chi connectivity index (χ2n) is 6.07. The van der Waals surface area contributed by atoms with Crippen LogP contribution in [0.5, 0.6) is 5.75 Å². The smallest absolute Gasteiger partial charge is 0.266 e. The van der Waals surface area contributed by atoms with Crippen LogP contribution in [0.3, 0.4) is 0 Å². The molecule has 3 rings (SSSR count). The molecule has 142 valence electrons. The lowest BCUT2D eigenvalue weighted by Crippen LogP contribution is -2.44. The first-order chi connectivity index (χ1) is 12.9. The van der Waals surface area contributed by atoms with Crippen molar-refractivity contribution < 1.29 is 14.3 Å². The van der Waals surface area contributed by atoms with Gasteiger partial charge < -0.3 is 9.64 Å². The zero-order valence-electron chi connectivity index (χ0n) is 14.3. The van der Waals surface area contributed by atoms with Crippen LogP contribution in [-0.2, 0) is 9.59 Å². The Morgan fingerprint density at radius 2 is 1.89 bits per heavy atom. The summed E-state index contributed by atoms with van der Waals surface area (Å²) in [4.78, 5) is 28.0. The third-order valence-electron chi connectivity index (χ3n) is 4.15. The molecule has 1 aliphatic heterocycles. The quantitative estimate of drug-likeness (QED) is 0.675. The molecule has 0 saturated carbocycles. The molecule has 2 aromatic carbocycles. The first-order valence-corrected chi connectivity index (χ1v) is 9.49. The van der Waals surface area contributed by atoms with Crippen LogP contribution in [0.2, 0.25) is 15.1 Å². The van der Waals surface area contributed by atoms with E-state index < -0.39 is 0 Å². The molecule has 0 N–H and O–H groups in total. The highest BCUT2D eigenvalue weighted by atomic mass is 35.5. The predicted octanol–water partition coefficient (Wildman–Crippen LogP) is 4.64. The summed E-state index contributed by atoms with van der Waals surface area (Å²) in [6, 6.07) is 11.7. The molecular formula is C19H17Cl3N2O3. The number of nitrogens with zero attached hydrogens (tertiary/aromatic N) is 2. The highest BCUT2D eigenvalue weighted by molar-refractivity contribution is 6.35. The fourth-order valence-corrected chi connectivity index (χ4v) is 3.43. The molecule has 0 aliphatic carbocycles. The van der Waals surface area contributed by atoms with Crippen molar-refractivity contribution >= 4 is 52.3 Å². The Morgan fingerprint density at radius 1 is 1.11 bits per heavy atom. The number of likely N-dealkylation sites (tertiary alicyclic amines) is 1. The van der Waals surface area contributed by atoms with Gasteiger partial charge in [0.2, 0.25) is 5.91 Å². The van der Waals surface area contributed by atoms with Crippen LogP contribution in [0.15, 0.2) is 42.5 Å². The van der Waals surface area contributed by atoms with Crippen LogP contribution in [-0.4, -0.2) is 36.5 Å². The zero-order chi connectivity index (χ0) is 19.4. The van der Waals surface area contributed by atoms with Crippen molar-refractivity contribution in [1.29, 1.82) is 0 Å². The molecular weight excluding hydrogens is 411 g/mol. The maximum atomic E-state index is 12.9. The third-order valence-corrected chi connectivity index (χ3v) is 4.92. The van der Waals surface area contributed by atoms with Crippen LogP contribution in [0.4, 0.5) is 5.69 Å². The van der Waals surface area contributed by atoms with Gasteiger partial charge in [0, 0.05) is 28.7 Å². The van der Waals surface area contributed by atoms with Gasteiger partial charge in [-0.3, -0.25) is 14.5 Å². The van der Waals surface area contributed by atoms with E-state index in [4.69, 9.17) is 39.5 Å². The van der Waals surface area contributed by atoms with E-state index >= 15 is 0 Å². The van der Waals surface area contributed by atoms with Crippen LogP contribution < -0.4 is 9.64 Å². The SMILES string of the molecule is O=C1CCCN1CN(C(=O)COc1ccc(Cl)cc1Cl)c1cccc(Cl)c1. The Balaban J connectivity index is 1.76. The van der Waals surface area contributed by atoms with Gasteiger partial charge in [-0.1, -0.05) is 40.9 Å². The van der Waals surface area contributed by atoms with Crippen LogP contribution in [0.1, 0.15) is 12.8 Å². The molecule has 0 spiro atoms. The Labute approximate surface area is 172 Å². The summed E-state index contributed by atoms with van der Waals surface area (Å²) in [5.74, 6) is 0.0668. The molecule has 5 nitrogen and oxygen atoms in total. The number of rotatable bonds is 6. The predicted molar refractivity (Wildman–Crippen MR) is 107 cm³/mol. The van der Waals surface area contributed by atoms with Crippen molar-refractivity contribution in [2.24, 2.45) is 0 Å². The summed E-state index contributed by atoms with van der Waals surface area (Å²) < 4.78 is 5.56. The van der Waals surface area contributed by atoms with Gasteiger partial charge in [-0.2, -0.15) is 0 Å². The summed E-state index contributed by atoms with van der Waals surface area (Å²) in [6.45, 7) is 0.526. The summed E-state index contributed by atoms with van der Waals surface area (Å²) in [6.07, 6.45) is 1.28. The summed E-state index contributed by atoms with van der Waals surface area (Å²) in [5, 5.41) is 1.30. The van der Waals surface area contributed by atoms with Gasteiger partial charge in [-0.05, 0) is 42.8 Å². The fraction of sp³-hybridized carbons (Fsp3) is 0.263. The maximum absolute atomic E-state index is 12.9. The minimum absolute atomic E-state index is 0.0245. The zero-order valence-corrected chi connectivity index (χ0v) is 16.6. The lowest BCUT2D eigenvalue weighted by atomic mass is 10.3. The molecule has 1 saturated heterocycles. The van der Waals surface area contributed by atoms with Crippen molar-refractivity contribution in [1.82, 2.24) is 4.90 Å². The summed E-state index contributed by atoms with van der Waals surface area (Å²) >= 11 is 18.0. The molecule has 0 radical (unpaired) electrons. The van der Waals surface area contributed by atoms with Crippen molar-refractivity contribution in [3.8, 4) is 5.75 Å². The Kier molecular flexibility index (Phi) is 6.47. The highest BCUT2D eigenvalue weighted by Crippen LogP contribution is 2.28. The lowest BCUT2D eigenvalue weighted by Gasteiger charge is -2.28. The second-order valence-corrected chi connectivity index (χ2v) is 7.35. The Bertz CT molecular complexity index is 860. The average Bonchev–Trinajstić information content (AvgIpc) is 3.03. The van der Waals surface area contributed by atoms with Crippen molar-refractivity contribution in [2.75, 3.05) is 24.7 Å². The molecule has 1 heterocycles. The van der Waals surface area contributed by atoms with Crippen LogP contribution in [0, 0.1) is 0 Å². The topological polar surface area (TPSA) is 49.9 Å². The third kappa shape index (κ3) is 5.06. The van der Waals surface area contributed by atoms with Gasteiger partial charge in [0.25, 0.3) is 5.91 Å². The normalized spacial score (nSPS) is 13.7. The summed E-state index contributed by atoms with van der Waals surface area (Å²) in [7, 11) is 0. The van der Waals surface area contributed by atoms with Gasteiger partial charge in [0.05, 0.1) is 5.02 Å². The summed E-state index contributed by atoms with van der Waals surface area (Å²) in [5.41, 5.74) is 0.595. The van der Waals surface area contributed by atoms with E-state index in [1.165, 1.54) is 4.90 Å².